The fraction of sp³-hybridized carbons (Fsp3) is 0.615. The van der Waals surface area contributed by atoms with Crippen LogP contribution < -0.4 is 15.1 Å². The maximum atomic E-state index is 15.2. The highest BCUT2D eigenvalue weighted by atomic mass is 19.1. The zero-order valence-corrected chi connectivity index (χ0v) is 42.2. The van der Waals surface area contributed by atoms with E-state index in [1.165, 1.54) is 24.9 Å². The Balaban J connectivity index is 0.000000234. The molecule has 8 rings (SSSR count). The molecule has 1 aliphatic heterocycles. The first-order valence-corrected chi connectivity index (χ1v) is 24.3. The number of halogens is 1. The molecule has 0 radical (unpaired) electrons. The van der Waals surface area contributed by atoms with Crippen LogP contribution in [0.25, 0.3) is 10.9 Å². The van der Waals surface area contributed by atoms with E-state index in [2.05, 4.69) is 35.1 Å². The van der Waals surface area contributed by atoms with E-state index in [4.69, 9.17) is 14.6 Å². The number of fused-ring (bicyclic) bond motifs is 6. The van der Waals surface area contributed by atoms with Crippen LogP contribution in [-0.4, -0.2) is 134 Å². The number of hydrogen-bond donors (Lipinski definition) is 3. The lowest BCUT2D eigenvalue weighted by Crippen LogP contribution is -2.56. The molecular formula is C52H72FN3O15. The van der Waals surface area contributed by atoms with Gasteiger partial charge in [0.1, 0.15) is 24.1 Å². The van der Waals surface area contributed by atoms with Crippen LogP contribution in [0.5, 0.6) is 5.75 Å². The molecule has 1 saturated heterocycles. The van der Waals surface area contributed by atoms with E-state index >= 15 is 4.39 Å². The molecule has 4 saturated carbocycles. The molecule has 392 valence electrons. The molecule has 0 bridgehead atoms. The fourth-order valence-corrected chi connectivity index (χ4v) is 11.3. The van der Waals surface area contributed by atoms with E-state index in [9.17, 15) is 48.6 Å². The number of aldehydes is 1. The first-order valence-electron chi connectivity index (χ1n) is 24.3. The van der Waals surface area contributed by atoms with Crippen LogP contribution in [0.4, 0.5) is 10.1 Å². The molecule has 8 unspecified atom stereocenters. The van der Waals surface area contributed by atoms with Crippen LogP contribution in [0.3, 0.4) is 0 Å². The second-order valence-electron chi connectivity index (χ2n) is 19.4. The van der Waals surface area contributed by atoms with Gasteiger partial charge in [-0.3, -0.25) is 28.8 Å². The number of carboxylic acids is 2. The summed E-state index contributed by atoms with van der Waals surface area (Å²) in [7, 11) is 5.07. The molecule has 18 nitrogen and oxygen atoms in total. The predicted molar refractivity (Wildman–Crippen MR) is 261 cm³/mol. The van der Waals surface area contributed by atoms with E-state index in [0.29, 0.717) is 54.7 Å². The second kappa shape index (κ2) is 26.1. The molecule has 2 heterocycles. The Bertz CT molecular complexity index is 2360. The Morgan fingerprint density at radius 1 is 0.972 bits per heavy atom. The number of aromatic carboxylic acids is 1. The number of ether oxygens (including phenoxy) is 4. The lowest BCUT2D eigenvalue weighted by molar-refractivity contribution is -0.149. The molecule has 3 N–H and O–H groups in total. The van der Waals surface area contributed by atoms with Crippen molar-refractivity contribution in [1.82, 2.24) is 9.47 Å². The molecule has 5 fully saturated rings. The maximum Gasteiger partial charge on any atom is 0.341 e. The lowest BCUT2D eigenvalue weighted by atomic mass is 9.46. The van der Waals surface area contributed by atoms with E-state index in [1.807, 2.05) is 24.9 Å². The van der Waals surface area contributed by atoms with Gasteiger partial charge in [-0.2, -0.15) is 0 Å². The Kier molecular flexibility index (Phi) is 21.2. The van der Waals surface area contributed by atoms with Crippen molar-refractivity contribution in [2.24, 2.45) is 34.5 Å². The molecule has 71 heavy (non-hydrogen) atoms. The number of aliphatic hydroxyl groups is 1. The van der Waals surface area contributed by atoms with Crippen molar-refractivity contribution >= 4 is 59.3 Å². The number of carbonyl (C=O) groups excluding carboxylic acids is 5. The number of unbranched alkanes of at least 4 members (excludes halogenated alkanes) is 1. The maximum absolute atomic E-state index is 15.2. The number of ketones is 2. The predicted octanol–water partition coefficient (Wildman–Crippen LogP) is 6.18. The smallest absolute Gasteiger partial charge is 0.341 e. The van der Waals surface area contributed by atoms with Gasteiger partial charge in [-0.1, -0.05) is 39.3 Å². The summed E-state index contributed by atoms with van der Waals surface area (Å²) >= 11 is 0. The van der Waals surface area contributed by atoms with Gasteiger partial charge in [0.05, 0.1) is 24.1 Å². The third-order valence-corrected chi connectivity index (χ3v) is 15.0. The number of carbonyl (C=O) groups is 7. The number of hydrogen-bond acceptors (Lipinski definition) is 15. The number of rotatable bonds is 14. The van der Waals surface area contributed by atoms with Gasteiger partial charge in [0.2, 0.25) is 12.2 Å². The number of nitrogens with zero attached hydrogens (tertiary/aromatic N) is 3. The van der Waals surface area contributed by atoms with Crippen molar-refractivity contribution in [2.75, 3.05) is 59.2 Å². The highest BCUT2D eigenvalue weighted by Gasteiger charge is 2.62. The standard InChI is InChI=1S/C22H30O4.C20H24FN3O4.C4H8O.C3H4O4.C3H6O2/c1-21-9-8-14(23)10-13(21)4-5-15-16-6-7-17(19(25)12-26-3)22(16,2)11-18(24)20(15)21;1-11-9-23(7-6-22(11)2)17-15(21)8-13-16(19(17)28-3)24(12-4-5-12)10-14(18(13)25)20(26)27;1-2-3-4-5;4-1-6-3-7-2-5;1-2-3(4)5/h8-10,15-18,20,24H,4-7,11-12H2,1-3H3;8,10-12H,4-7,9H2,1-3H3,(H,26,27);4H,2-3H2,1H3;1-2H,3H2;2H2,1H3,(H,4,5). The van der Waals surface area contributed by atoms with Gasteiger partial charge in [0.15, 0.2) is 23.1 Å². The number of aliphatic hydroxyl groups excluding tert-OH is 1. The topological polar surface area (TPSA) is 246 Å². The number of carboxylic acid groups (broad SMARTS) is 2. The molecule has 8 atom stereocenters. The average molecular weight is 998 g/mol. The van der Waals surface area contributed by atoms with Crippen LogP contribution in [0, 0.1) is 40.3 Å². The van der Waals surface area contributed by atoms with Crippen molar-refractivity contribution < 1.29 is 72.2 Å². The molecule has 0 amide bonds. The zero-order valence-electron chi connectivity index (χ0n) is 42.2. The Hall–Kier alpha value is -5.79. The number of likely N-dealkylation sites (N-methyl/N-ethyl adjacent to an activating group) is 1. The van der Waals surface area contributed by atoms with Gasteiger partial charge in [0.25, 0.3) is 12.9 Å². The molecule has 2 aromatic rings. The van der Waals surface area contributed by atoms with Crippen LogP contribution in [-0.2, 0) is 43.0 Å². The number of aliphatic carboxylic acids is 1. The summed E-state index contributed by atoms with van der Waals surface area (Å²) < 4.78 is 35.6. The fourth-order valence-electron chi connectivity index (χ4n) is 11.3. The van der Waals surface area contributed by atoms with Crippen molar-refractivity contribution in [1.29, 1.82) is 0 Å². The van der Waals surface area contributed by atoms with Crippen LogP contribution >= 0.6 is 0 Å². The number of pyridine rings is 1. The summed E-state index contributed by atoms with van der Waals surface area (Å²) in [5.74, 6) is -1.06. The summed E-state index contributed by atoms with van der Waals surface area (Å²) in [6, 6.07) is 1.51. The quantitative estimate of drug-likeness (QED) is 0.109. The SMILES string of the molecule is CCC(=O)O.CCCC=O.COCC(=O)C1CCC2C3CCC4=CC(=O)C=CC4(C)C3C(O)CC12C.COc1c(N2CCN(C)C(C)C2)c(F)cc2c(=O)c(C(=O)O)cn(C3CC3)c12.O=COCOC=O. The van der Waals surface area contributed by atoms with Crippen molar-refractivity contribution in [3.8, 4) is 5.75 Å². The van der Waals surface area contributed by atoms with Crippen molar-refractivity contribution in [3.63, 3.8) is 0 Å². The molecule has 5 aliphatic carbocycles. The highest BCUT2D eigenvalue weighted by Crippen LogP contribution is 2.66. The highest BCUT2D eigenvalue weighted by molar-refractivity contribution is 6.01. The van der Waals surface area contributed by atoms with Gasteiger partial charge in [0, 0.05) is 75.1 Å². The van der Waals surface area contributed by atoms with E-state index in [0.717, 1.165) is 57.8 Å². The number of methoxy groups -OCH3 is 2. The number of piperazine rings is 1. The lowest BCUT2D eigenvalue weighted by Gasteiger charge is -2.58. The number of benzene rings is 1. The van der Waals surface area contributed by atoms with Crippen LogP contribution in [0.15, 0.2) is 40.9 Å². The van der Waals surface area contributed by atoms with Gasteiger partial charge in [-0.05, 0) is 101 Å². The minimum absolute atomic E-state index is 0.00345. The van der Waals surface area contributed by atoms with Gasteiger partial charge >= 0.3 is 11.9 Å². The summed E-state index contributed by atoms with van der Waals surface area (Å²) in [5.41, 5.74) is 0.596. The van der Waals surface area contributed by atoms with E-state index in [-0.39, 0.29) is 90.0 Å². The van der Waals surface area contributed by atoms with Gasteiger partial charge in [-0.15, -0.1) is 0 Å². The number of anilines is 1. The number of Topliss-reactive ketones (excluding diaryl/α,β-unsaturated/α-hetero) is 1. The minimum atomic E-state index is -1.31. The van der Waals surface area contributed by atoms with Crippen LogP contribution in [0.2, 0.25) is 0 Å². The molecular weight excluding hydrogens is 926 g/mol. The number of allylic oxidation sites excluding steroid dienone is 4. The zero-order chi connectivity index (χ0) is 52.8. The molecule has 19 heteroatoms. The van der Waals surface area contributed by atoms with Gasteiger partial charge in [-0.25, -0.2) is 9.18 Å². The molecule has 1 aromatic carbocycles. The van der Waals surface area contributed by atoms with Crippen molar-refractivity contribution in [2.45, 2.75) is 117 Å². The molecule has 6 aliphatic rings. The molecule has 1 aromatic heterocycles. The third-order valence-electron chi connectivity index (χ3n) is 15.0. The Morgan fingerprint density at radius 3 is 2.15 bits per heavy atom. The van der Waals surface area contributed by atoms with E-state index in [1.54, 1.807) is 30.8 Å². The summed E-state index contributed by atoms with van der Waals surface area (Å²) in [5, 5.41) is 28.4. The summed E-state index contributed by atoms with van der Waals surface area (Å²) in [4.78, 5) is 90.2. The summed E-state index contributed by atoms with van der Waals surface area (Å²) in [6.45, 7) is 12.4. The molecule has 0 spiro atoms. The largest absolute Gasteiger partial charge is 0.492 e. The van der Waals surface area contributed by atoms with Gasteiger partial charge < -0.3 is 53.4 Å². The first-order chi connectivity index (χ1) is 33.7. The third kappa shape index (κ3) is 13.4. The summed E-state index contributed by atoms with van der Waals surface area (Å²) in [6.07, 6.45) is 15.6. The minimum Gasteiger partial charge on any atom is -0.492 e. The van der Waals surface area contributed by atoms with E-state index < -0.39 is 29.3 Å². The van der Waals surface area contributed by atoms with Crippen LogP contribution in [0.1, 0.15) is 115 Å². The average Bonchev–Trinajstić information content (AvgIpc) is 4.12. The number of aromatic nitrogens is 1. The Labute approximate surface area is 414 Å². The first kappa shape index (κ1) is 57.8. The monoisotopic (exact) mass is 997 g/mol. The van der Waals surface area contributed by atoms with Crippen molar-refractivity contribution in [3.05, 3.63) is 57.7 Å². The second-order valence-corrected chi connectivity index (χ2v) is 19.4. The Morgan fingerprint density at radius 2 is 1.63 bits per heavy atom. The normalized spacial score (nSPS) is 27.0.